The molecule has 1 aromatic heterocycles. The van der Waals surface area contributed by atoms with Crippen molar-refractivity contribution in [1.82, 2.24) is 10.2 Å². The molecular formula is C22H18Cl2N4O2. The molecule has 0 saturated carbocycles. The Kier molecular flexibility index (Phi) is 6.07. The minimum Gasteiger partial charge on any atom is -0.495 e. The Morgan fingerprint density at radius 2 is 1.53 bits per heavy atom. The van der Waals surface area contributed by atoms with Crippen LogP contribution >= 0.6 is 23.2 Å². The number of halogens is 2. The van der Waals surface area contributed by atoms with Crippen LogP contribution in [0.4, 0.5) is 23.1 Å². The van der Waals surface area contributed by atoms with Crippen molar-refractivity contribution in [2.24, 2.45) is 0 Å². The maximum absolute atomic E-state index is 6.29. The molecule has 0 saturated heterocycles. The predicted octanol–water partition coefficient (Wildman–Crippen LogP) is 6.46. The van der Waals surface area contributed by atoms with Gasteiger partial charge in [0.05, 0.1) is 35.0 Å². The number of para-hydroxylation sites is 4. The van der Waals surface area contributed by atoms with E-state index in [1.54, 1.807) is 25.3 Å². The van der Waals surface area contributed by atoms with Gasteiger partial charge < -0.3 is 19.8 Å². The van der Waals surface area contributed by atoms with Gasteiger partial charge in [-0.05, 0) is 35.9 Å². The van der Waals surface area contributed by atoms with Crippen LogP contribution in [0.5, 0.6) is 5.75 Å². The van der Waals surface area contributed by atoms with Crippen molar-refractivity contribution in [3.05, 3.63) is 88.2 Å². The zero-order valence-electron chi connectivity index (χ0n) is 16.0. The molecule has 0 bridgehead atoms. The van der Waals surface area contributed by atoms with Crippen LogP contribution in [-0.2, 0) is 6.42 Å². The number of aromatic nitrogens is 2. The maximum Gasteiger partial charge on any atom is 0.320 e. The molecule has 30 heavy (non-hydrogen) atoms. The van der Waals surface area contributed by atoms with Gasteiger partial charge in [0.2, 0.25) is 5.89 Å². The third-order valence-electron chi connectivity index (χ3n) is 4.40. The number of hydrogen-bond donors (Lipinski definition) is 2. The van der Waals surface area contributed by atoms with Gasteiger partial charge in [0.1, 0.15) is 5.75 Å². The Hall–Kier alpha value is -3.22. The summed E-state index contributed by atoms with van der Waals surface area (Å²) in [5.74, 6) is 1.15. The quantitative estimate of drug-likeness (QED) is 0.343. The number of rotatable bonds is 7. The largest absolute Gasteiger partial charge is 0.495 e. The summed E-state index contributed by atoms with van der Waals surface area (Å²) in [5.41, 5.74) is 3.20. The fourth-order valence-electron chi connectivity index (χ4n) is 2.95. The van der Waals surface area contributed by atoms with Gasteiger partial charge in [-0.25, -0.2) is 0 Å². The molecule has 6 nitrogen and oxygen atoms in total. The Morgan fingerprint density at radius 1 is 0.833 bits per heavy atom. The average molecular weight is 441 g/mol. The van der Waals surface area contributed by atoms with Crippen LogP contribution in [0.15, 0.2) is 71.1 Å². The minimum absolute atomic E-state index is 0.286. The van der Waals surface area contributed by atoms with Crippen LogP contribution in [-0.4, -0.2) is 17.3 Å². The Morgan fingerprint density at radius 3 is 2.30 bits per heavy atom. The lowest BCUT2D eigenvalue weighted by molar-refractivity contribution is 0.416. The number of anilines is 4. The number of hydrogen-bond acceptors (Lipinski definition) is 6. The topological polar surface area (TPSA) is 72.2 Å². The van der Waals surface area contributed by atoms with Gasteiger partial charge >= 0.3 is 6.01 Å². The van der Waals surface area contributed by atoms with E-state index in [0.29, 0.717) is 33.8 Å². The number of benzene rings is 3. The first-order valence-electron chi connectivity index (χ1n) is 9.15. The SMILES string of the molecule is COc1ccccc1Nc1nnc(Cc2ccccc2Nc2c(Cl)cccc2Cl)o1. The second-order valence-corrected chi connectivity index (χ2v) is 7.20. The molecule has 4 aromatic rings. The summed E-state index contributed by atoms with van der Waals surface area (Å²) >= 11 is 12.6. The van der Waals surface area contributed by atoms with Crippen molar-refractivity contribution in [1.29, 1.82) is 0 Å². The molecule has 3 aromatic carbocycles. The smallest absolute Gasteiger partial charge is 0.320 e. The molecule has 4 rings (SSSR count). The fourth-order valence-corrected chi connectivity index (χ4v) is 3.44. The Labute approximate surface area is 183 Å². The Bertz CT molecular complexity index is 1140. The van der Waals surface area contributed by atoms with E-state index in [9.17, 15) is 0 Å². The first-order valence-corrected chi connectivity index (χ1v) is 9.91. The lowest BCUT2D eigenvalue weighted by atomic mass is 10.1. The van der Waals surface area contributed by atoms with Crippen molar-refractivity contribution in [3.8, 4) is 5.75 Å². The van der Waals surface area contributed by atoms with Gasteiger partial charge in [-0.2, -0.15) is 0 Å². The summed E-state index contributed by atoms with van der Waals surface area (Å²) in [5, 5.41) is 15.7. The molecule has 2 N–H and O–H groups in total. The van der Waals surface area contributed by atoms with Gasteiger partial charge in [0.25, 0.3) is 0 Å². The standard InChI is InChI=1S/C22H18Cl2N4O2/c1-29-19-12-5-4-11-18(19)26-22-28-27-20(30-22)13-14-7-2-3-10-17(14)25-21-15(23)8-6-9-16(21)24/h2-12,25H,13H2,1H3,(H,26,28). The third kappa shape index (κ3) is 4.50. The molecule has 0 aliphatic carbocycles. The Balaban J connectivity index is 1.53. The summed E-state index contributed by atoms with van der Waals surface area (Å²) in [6, 6.07) is 20.9. The first-order chi connectivity index (χ1) is 14.6. The van der Waals surface area contributed by atoms with Gasteiger partial charge in [0, 0.05) is 5.69 Å². The van der Waals surface area contributed by atoms with Gasteiger partial charge in [-0.1, -0.05) is 64.7 Å². The predicted molar refractivity (Wildman–Crippen MR) is 120 cm³/mol. The number of nitrogens with one attached hydrogen (secondary N) is 2. The normalized spacial score (nSPS) is 10.6. The van der Waals surface area contributed by atoms with E-state index in [2.05, 4.69) is 20.8 Å². The van der Waals surface area contributed by atoms with Crippen LogP contribution in [0.1, 0.15) is 11.5 Å². The molecular weight excluding hydrogens is 423 g/mol. The van der Waals surface area contributed by atoms with E-state index in [-0.39, 0.29) is 6.01 Å². The van der Waals surface area contributed by atoms with Crippen LogP contribution in [0.3, 0.4) is 0 Å². The van der Waals surface area contributed by atoms with Crippen molar-refractivity contribution < 1.29 is 9.15 Å². The molecule has 0 spiro atoms. The summed E-state index contributed by atoms with van der Waals surface area (Å²) in [6.45, 7) is 0. The van der Waals surface area contributed by atoms with Gasteiger partial charge in [-0.3, -0.25) is 0 Å². The molecule has 0 aliphatic heterocycles. The lowest BCUT2D eigenvalue weighted by Gasteiger charge is -2.13. The van der Waals surface area contributed by atoms with Crippen LogP contribution < -0.4 is 15.4 Å². The zero-order chi connectivity index (χ0) is 20.9. The van der Waals surface area contributed by atoms with E-state index in [4.69, 9.17) is 32.4 Å². The van der Waals surface area contributed by atoms with Crippen LogP contribution in [0.25, 0.3) is 0 Å². The molecule has 0 amide bonds. The molecule has 0 fully saturated rings. The molecule has 0 radical (unpaired) electrons. The highest BCUT2D eigenvalue weighted by atomic mass is 35.5. The zero-order valence-corrected chi connectivity index (χ0v) is 17.5. The van der Waals surface area contributed by atoms with E-state index >= 15 is 0 Å². The monoisotopic (exact) mass is 440 g/mol. The first kappa shape index (κ1) is 20.1. The summed E-state index contributed by atoms with van der Waals surface area (Å²) < 4.78 is 11.1. The van der Waals surface area contributed by atoms with E-state index < -0.39 is 0 Å². The molecule has 8 heteroatoms. The van der Waals surface area contributed by atoms with E-state index in [0.717, 1.165) is 16.9 Å². The van der Waals surface area contributed by atoms with Crippen LogP contribution in [0, 0.1) is 0 Å². The van der Waals surface area contributed by atoms with Crippen LogP contribution in [0.2, 0.25) is 10.0 Å². The summed E-state index contributed by atoms with van der Waals surface area (Å²) in [6.07, 6.45) is 0.436. The number of ether oxygens (including phenoxy) is 1. The fraction of sp³-hybridized carbons (Fsp3) is 0.0909. The molecule has 1 heterocycles. The summed E-state index contributed by atoms with van der Waals surface area (Å²) in [4.78, 5) is 0. The van der Waals surface area contributed by atoms with E-state index in [1.807, 2.05) is 48.5 Å². The maximum atomic E-state index is 6.29. The van der Waals surface area contributed by atoms with Crippen molar-refractivity contribution >= 4 is 46.3 Å². The van der Waals surface area contributed by atoms with Gasteiger partial charge in [0.15, 0.2) is 0 Å². The van der Waals surface area contributed by atoms with Crippen molar-refractivity contribution in [3.63, 3.8) is 0 Å². The van der Waals surface area contributed by atoms with Crippen molar-refractivity contribution in [2.45, 2.75) is 6.42 Å². The molecule has 0 aliphatic rings. The average Bonchev–Trinajstić information content (AvgIpc) is 3.19. The second-order valence-electron chi connectivity index (χ2n) is 6.38. The van der Waals surface area contributed by atoms with E-state index in [1.165, 1.54) is 0 Å². The third-order valence-corrected chi connectivity index (χ3v) is 5.03. The second kappa shape index (κ2) is 9.07. The highest BCUT2D eigenvalue weighted by molar-refractivity contribution is 6.39. The minimum atomic E-state index is 0.286. The summed E-state index contributed by atoms with van der Waals surface area (Å²) in [7, 11) is 1.61. The lowest BCUT2D eigenvalue weighted by Crippen LogP contribution is -1.98. The highest BCUT2D eigenvalue weighted by Crippen LogP contribution is 2.34. The van der Waals surface area contributed by atoms with Gasteiger partial charge in [-0.15, -0.1) is 5.10 Å². The molecule has 152 valence electrons. The highest BCUT2D eigenvalue weighted by Gasteiger charge is 2.13. The molecule has 0 atom stereocenters. The van der Waals surface area contributed by atoms with Crippen molar-refractivity contribution in [2.75, 3.05) is 17.7 Å². The number of nitrogens with zero attached hydrogens (tertiary/aromatic N) is 2. The molecule has 0 unspecified atom stereocenters. The number of methoxy groups -OCH3 is 1.